The highest BCUT2D eigenvalue weighted by atomic mass is 35.5. The Hall–Kier alpha value is -2.58. The van der Waals surface area contributed by atoms with Crippen molar-refractivity contribution in [3.8, 4) is 11.5 Å². The molecule has 0 bridgehead atoms. The van der Waals surface area contributed by atoms with Gasteiger partial charge in [-0.15, -0.1) is 0 Å². The largest absolute Gasteiger partial charge is 0.493 e. The van der Waals surface area contributed by atoms with Gasteiger partial charge in [-0.1, -0.05) is 48.0 Å². The van der Waals surface area contributed by atoms with Gasteiger partial charge in [0.1, 0.15) is 5.60 Å². The number of methoxy groups -OCH3 is 2. The van der Waals surface area contributed by atoms with Crippen molar-refractivity contribution in [2.45, 2.75) is 24.0 Å². The van der Waals surface area contributed by atoms with Gasteiger partial charge in [-0.3, -0.25) is 0 Å². The predicted molar refractivity (Wildman–Crippen MR) is 125 cm³/mol. The highest BCUT2D eigenvalue weighted by molar-refractivity contribution is 7.89. The van der Waals surface area contributed by atoms with Gasteiger partial charge in [-0.05, 0) is 54.4 Å². The number of rotatable bonds is 9. The van der Waals surface area contributed by atoms with Crippen LogP contribution >= 0.6 is 11.6 Å². The number of aliphatic hydroxyl groups is 1. The quantitative estimate of drug-likeness (QED) is 0.494. The van der Waals surface area contributed by atoms with Gasteiger partial charge in [0.15, 0.2) is 11.5 Å². The van der Waals surface area contributed by atoms with Gasteiger partial charge in [0.05, 0.1) is 19.1 Å². The molecule has 1 unspecified atom stereocenters. The van der Waals surface area contributed by atoms with E-state index in [1.807, 2.05) is 6.07 Å². The first-order valence-corrected chi connectivity index (χ1v) is 11.7. The van der Waals surface area contributed by atoms with E-state index in [0.29, 0.717) is 27.6 Å². The number of halogens is 1. The molecular formula is C24H26ClNO5S. The van der Waals surface area contributed by atoms with Crippen molar-refractivity contribution in [1.29, 1.82) is 0 Å². The van der Waals surface area contributed by atoms with Crippen LogP contribution < -0.4 is 9.47 Å². The molecule has 8 heteroatoms. The Kier molecular flexibility index (Phi) is 7.46. The maximum absolute atomic E-state index is 13.6. The number of hydrogen-bond acceptors (Lipinski definition) is 5. The molecule has 0 aliphatic rings. The zero-order valence-corrected chi connectivity index (χ0v) is 19.7. The van der Waals surface area contributed by atoms with Crippen LogP contribution in [0.25, 0.3) is 0 Å². The molecule has 0 spiro atoms. The molecule has 0 amide bonds. The Bertz CT molecular complexity index is 1150. The van der Waals surface area contributed by atoms with Gasteiger partial charge in [0, 0.05) is 18.1 Å². The Morgan fingerprint density at radius 2 is 1.56 bits per heavy atom. The van der Waals surface area contributed by atoms with Crippen molar-refractivity contribution in [1.82, 2.24) is 4.31 Å². The molecule has 0 aromatic heterocycles. The lowest BCUT2D eigenvalue weighted by atomic mass is 9.96. The summed E-state index contributed by atoms with van der Waals surface area (Å²) in [6.07, 6.45) is 0. The minimum absolute atomic E-state index is 0.0221. The SMILES string of the molecule is COc1ccc(CN(CC(C)(O)c2ccccc2)S(=O)(=O)c2ccc(Cl)cc2)cc1OC. The number of nitrogens with zero attached hydrogens (tertiary/aromatic N) is 1. The minimum atomic E-state index is -3.95. The lowest BCUT2D eigenvalue weighted by molar-refractivity contribution is 0.0357. The fourth-order valence-corrected chi connectivity index (χ4v) is 5.04. The van der Waals surface area contributed by atoms with Crippen molar-refractivity contribution in [3.63, 3.8) is 0 Å². The fourth-order valence-electron chi connectivity index (χ4n) is 3.40. The van der Waals surface area contributed by atoms with Crippen LogP contribution in [-0.4, -0.2) is 38.6 Å². The molecule has 0 aliphatic carbocycles. The molecule has 1 atom stereocenters. The van der Waals surface area contributed by atoms with Crippen LogP contribution in [0, 0.1) is 0 Å². The maximum atomic E-state index is 13.6. The number of hydrogen-bond donors (Lipinski definition) is 1. The molecular weight excluding hydrogens is 450 g/mol. The zero-order valence-electron chi connectivity index (χ0n) is 18.2. The number of sulfonamides is 1. The molecule has 0 aliphatic heterocycles. The van der Waals surface area contributed by atoms with Gasteiger partial charge in [-0.25, -0.2) is 8.42 Å². The zero-order chi connectivity index (χ0) is 23.4. The third kappa shape index (κ3) is 5.42. The number of ether oxygens (including phenoxy) is 2. The van der Waals surface area contributed by atoms with Crippen molar-refractivity contribution >= 4 is 21.6 Å². The van der Waals surface area contributed by atoms with Crippen LogP contribution in [0.4, 0.5) is 0 Å². The second-order valence-electron chi connectivity index (χ2n) is 7.56. The van der Waals surface area contributed by atoms with E-state index in [2.05, 4.69) is 0 Å². The molecule has 0 fully saturated rings. The third-order valence-corrected chi connectivity index (χ3v) is 7.20. The van der Waals surface area contributed by atoms with E-state index in [9.17, 15) is 13.5 Å². The van der Waals surface area contributed by atoms with E-state index < -0.39 is 15.6 Å². The van der Waals surface area contributed by atoms with Gasteiger partial charge >= 0.3 is 0 Å². The Morgan fingerprint density at radius 3 is 2.16 bits per heavy atom. The van der Waals surface area contributed by atoms with Gasteiger partial charge in [0.2, 0.25) is 10.0 Å². The smallest absolute Gasteiger partial charge is 0.243 e. The molecule has 170 valence electrons. The molecule has 3 aromatic carbocycles. The summed E-state index contributed by atoms with van der Waals surface area (Å²) in [5, 5.41) is 11.6. The first-order chi connectivity index (χ1) is 15.2. The minimum Gasteiger partial charge on any atom is -0.493 e. The average molecular weight is 476 g/mol. The van der Waals surface area contributed by atoms with Crippen molar-refractivity contribution in [2.75, 3.05) is 20.8 Å². The summed E-state index contributed by atoms with van der Waals surface area (Å²) in [6, 6.07) is 20.1. The second kappa shape index (κ2) is 9.92. The molecule has 1 N–H and O–H groups in total. The van der Waals surface area contributed by atoms with Crippen LogP contribution in [0.5, 0.6) is 11.5 Å². The molecule has 3 rings (SSSR count). The summed E-state index contributed by atoms with van der Waals surface area (Å²) in [6.45, 7) is 1.46. The number of benzene rings is 3. The molecule has 3 aromatic rings. The molecule has 0 radical (unpaired) electrons. The van der Waals surface area contributed by atoms with E-state index >= 15 is 0 Å². The van der Waals surface area contributed by atoms with Crippen LogP contribution in [0.3, 0.4) is 0 Å². The predicted octanol–water partition coefficient (Wildman–Crippen LogP) is 4.46. The van der Waals surface area contributed by atoms with Crippen molar-refractivity contribution in [2.24, 2.45) is 0 Å². The maximum Gasteiger partial charge on any atom is 0.243 e. The molecule has 32 heavy (non-hydrogen) atoms. The summed E-state index contributed by atoms with van der Waals surface area (Å²) < 4.78 is 39.0. The first kappa shape index (κ1) is 24.1. The summed E-state index contributed by atoms with van der Waals surface area (Å²) in [5.74, 6) is 1.03. The summed E-state index contributed by atoms with van der Waals surface area (Å²) >= 11 is 5.95. The van der Waals surface area contributed by atoms with Crippen LogP contribution in [0.1, 0.15) is 18.1 Å². The third-order valence-electron chi connectivity index (χ3n) is 5.14. The topological polar surface area (TPSA) is 76.1 Å². The fraction of sp³-hybridized carbons (Fsp3) is 0.250. The summed E-state index contributed by atoms with van der Waals surface area (Å²) in [4.78, 5) is 0.0891. The Balaban J connectivity index is 2.02. The normalized spacial score (nSPS) is 13.6. The van der Waals surface area contributed by atoms with Gasteiger partial charge < -0.3 is 14.6 Å². The van der Waals surface area contributed by atoms with Crippen molar-refractivity contribution in [3.05, 3.63) is 88.9 Å². The lowest BCUT2D eigenvalue weighted by Crippen LogP contribution is -2.42. The molecule has 0 saturated heterocycles. The average Bonchev–Trinajstić information content (AvgIpc) is 2.79. The van der Waals surface area contributed by atoms with Crippen LogP contribution in [0.15, 0.2) is 77.7 Å². The first-order valence-electron chi connectivity index (χ1n) is 9.92. The Labute approximate surface area is 194 Å². The molecule has 0 saturated carbocycles. The highest BCUT2D eigenvalue weighted by Gasteiger charge is 2.33. The van der Waals surface area contributed by atoms with E-state index in [-0.39, 0.29) is 18.0 Å². The van der Waals surface area contributed by atoms with E-state index in [1.165, 1.54) is 42.8 Å². The molecule has 6 nitrogen and oxygen atoms in total. The van der Waals surface area contributed by atoms with E-state index in [0.717, 1.165) is 0 Å². The van der Waals surface area contributed by atoms with E-state index in [1.54, 1.807) is 49.4 Å². The summed E-state index contributed by atoms with van der Waals surface area (Å²) in [5.41, 5.74) is -0.121. The lowest BCUT2D eigenvalue weighted by Gasteiger charge is -2.31. The van der Waals surface area contributed by atoms with Crippen LogP contribution in [-0.2, 0) is 22.2 Å². The van der Waals surface area contributed by atoms with Gasteiger partial charge in [-0.2, -0.15) is 4.31 Å². The summed E-state index contributed by atoms with van der Waals surface area (Å²) in [7, 11) is -0.898. The van der Waals surface area contributed by atoms with Gasteiger partial charge in [0.25, 0.3) is 0 Å². The Morgan fingerprint density at radius 1 is 0.938 bits per heavy atom. The van der Waals surface area contributed by atoms with E-state index in [4.69, 9.17) is 21.1 Å². The second-order valence-corrected chi connectivity index (χ2v) is 9.93. The van der Waals surface area contributed by atoms with Crippen LogP contribution in [0.2, 0.25) is 5.02 Å². The van der Waals surface area contributed by atoms with Crippen molar-refractivity contribution < 1.29 is 23.0 Å². The highest BCUT2D eigenvalue weighted by Crippen LogP contribution is 2.31. The molecule has 0 heterocycles. The monoisotopic (exact) mass is 475 g/mol. The standard InChI is InChI=1S/C24H26ClNO5S/c1-24(27,19-7-5-4-6-8-19)17-26(32(28,29)21-12-10-20(25)11-13-21)16-18-9-14-22(30-2)23(15-18)31-3/h4-15,27H,16-17H2,1-3H3.